The fourth-order valence-corrected chi connectivity index (χ4v) is 4.30. The Bertz CT molecular complexity index is 991. The van der Waals surface area contributed by atoms with Gasteiger partial charge in [-0.15, -0.1) is 0 Å². The number of piperidine rings is 1. The molecule has 142 valence electrons. The number of Topliss-reactive ketones (excluding diaryl/α,β-unsaturated/α-hetero) is 1. The van der Waals surface area contributed by atoms with Crippen LogP contribution in [-0.4, -0.2) is 26.7 Å². The number of fused-ring (bicyclic) bond motifs is 1. The van der Waals surface area contributed by atoms with Gasteiger partial charge in [-0.3, -0.25) is 28.8 Å². The zero-order valence-electron chi connectivity index (χ0n) is 15.4. The molecule has 1 aliphatic carbocycles. The first-order valence-corrected chi connectivity index (χ1v) is 9.49. The van der Waals surface area contributed by atoms with Crippen molar-refractivity contribution in [1.29, 1.82) is 0 Å². The highest BCUT2D eigenvalue weighted by Gasteiger charge is 2.31. The highest BCUT2D eigenvalue weighted by molar-refractivity contribution is 6.00. The summed E-state index contributed by atoms with van der Waals surface area (Å²) in [4.78, 5) is 47.8. The van der Waals surface area contributed by atoms with Crippen molar-refractivity contribution in [1.82, 2.24) is 14.5 Å². The third kappa shape index (κ3) is 3.22. The van der Waals surface area contributed by atoms with Crippen molar-refractivity contribution in [3.63, 3.8) is 0 Å². The van der Waals surface area contributed by atoms with Crippen molar-refractivity contribution in [2.45, 2.75) is 51.0 Å². The Morgan fingerprint density at radius 2 is 1.74 bits per heavy atom. The number of hydrogen-bond acceptors (Lipinski definition) is 4. The van der Waals surface area contributed by atoms with E-state index in [1.807, 2.05) is 18.2 Å². The predicted molar refractivity (Wildman–Crippen MR) is 99.3 cm³/mol. The van der Waals surface area contributed by atoms with Gasteiger partial charge in [0.2, 0.25) is 11.8 Å². The normalized spacial score (nSPS) is 21.7. The number of nitrogens with one attached hydrogen (secondary N) is 1. The molecule has 1 aromatic heterocycles. The van der Waals surface area contributed by atoms with Gasteiger partial charge in [-0.1, -0.05) is 6.07 Å². The van der Waals surface area contributed by atoms with Crippen molar-refractivity contribution in [2.24, 2.45) is 13.0 Å². The zero-order valence-corrected chi connectivity index (χ0v) is 15.4. The summed E-state index contributed by atoms with van der Waals surface area (Å²) in [5.74, 6) is 0.134. The lowest BCUT2D eigenvalue weighted by atomic mass is 9.84. The van der Waals surface area contributed by atoms with Gasteiger partial charge in [0.25, 0.3) is 0 Å². The molecule has 0 spiro atoms. The minimum Gasteiger partial charge on any atom is -0.300 e. The lowest BCUT2D eigenvalue weighted by molar-refractivity contribution is -0.135. The number of aromatic nitrogens is 2. The Kier molecular flexibility index (Phi) is 4.45. The van der Waals surface area contributed by atoms with Crippen molar-refractivity contribution in [3.8, 4) is 0 Å². The molecule has 2 fully saturated rings. The smallest absolute Gasteiger partial charge is 0.300 e. The minimum atomic E-state index is -0.658. The molecule has 0 bridgehead atoms. The van der Waals surface area contributed by atoms with E-state index in [1.54, 1.807) is 11.6 Å². The van der Waals surface area contributed by atoms with Gasteiger partial charge in [-0.2, -0.15) is 0 Å². The van der Waals surface area contributed by atoms with Crippen LogP contribution in [0.15, 0.2) is 23.0 Å². The maximum Gasteiger partial charge on any atom is 0.329 e. The summed E-state index contributed by atoms with van der Waals surface area (Å²) in [6.45, 7) is 0. The number of imidazole rings is 1. The van der Waals surface area contributed by atoms with Crippen LogP contribution in [-0.2, 0) is 27.9 Å². The molecule has 1 aromatic carbocycles. The maximum absolute atomic E-state index is 12.8. The second kappa shape index (κ2) is 6.79. The van der Waals surface area contributed by atoms with Crippen LogP contribution < -0.4 is 11.0 Å². The van der Waals surface area contributed by atoms with Gasteiger partial charge in [-0.25, -0.2) is 4.79 Å². The largest absolute Gasteiger partial charge is 0.329 e. The molecule has 1 aliphatic heterocycles. The first-order chi connectivity index (χ1) is 12.9. The summed E-state index contributed by atoms with van der Waals surface area (Å²) in [7, 11) is 1.70. The van der Waals surface area contributed by atoms with Crippen molar-refractivity contribution in [3.05, 3.63) is 34.2 Å². The number of ketones is 1. The van der Waals surface area contributed by atoms with Crippen LogP contribution in [0.25, 0.3) is 11.0 Å². The molecule has 2 aromatic rings. The molecule has 2 amide bonds. The molecule has 2 heterocycles. The van der Waals surface area contributed by atoms with E-state index < -0.39 is 11.9 Å². The molecule has 7 nitrogen and oxygen atoms in total. The molecule has 7 heteroatoms. The SMILES string of the molecule is Cn1c(=O)n(C2CCC(=O)NC2=O)c2ccc(CC3CCC(=O)CC3)cc21. The number of carbonyl (C=O) groups is 3. The average molecular weight is 369 g/mol. The van der Waals surface area contributed by atoms with Gasteiger partial charge in [0.1, 0.15) is 11.8 Å². The summed E-state index contributed by atoms with van der Waals surface area (Å²) in [6, 6.07) is 5.24. The van der Waals surface area contributed by atoms with E-state index in [9.17, 15) is 19.2 Å². The molecule has 4 rings (SSSR count). The van der Waals surface area contributed by atoms with Crippen LogP contribution >= 0.6 is 0 Å². The van der Waals surface area contributed by atoms with Gasteiger partial charge in [-0.05, 0) is 49.3 Å². The fourth-order valence-electron chi connectivity index (χ4n) is 4.30. The number of imide groups is 1. The lowest BCUT2D eigenvalue weighted by Gasteiger charge is -2.22. The molecule has 1 unspecified atom stereocenters. The minimum absolute atomic E-state index is 0.234. The van der Waals surface area contributed by atoms with E-state index in [-0.39, 0.29) is 18.0 Å². The Morgan fingerprint density at radius 3 is 2.44 bits per heavy atom. The summed E-state index contributed by atoms with van der Waals surface area (Å²) in [5, 5.41) is 2.32. The number of nitrogens with zero attached hydrogens (tertiary/aromatic N) is 2. The third-order valence-corrected chi connectivity index (χ3v) is 5.86. The molecule has 27 heavy (non-hydrogen) atoms. The van der Waals surface area contributed by atoms with Crippen LogP contribution in [0.5, 0.6) is 0 Å². The molecule has 2 aliphatic rings. The number of rotatable bonds is 3. The second-order valence-corrected chi connectivity index (χ2v) is 7.69. The van der Waals surface area contributed by atoms with Crippen LogP contribution in [0.3, 0.4) is 0 Å². The number of aryl methyl sites for hydroxylation is 1. The lowest BCUT2D eigenvalue weighted by Crippen LogP contribution is -2.44. The molecule has 1 atom stereocenters. The second-order valence-electron chi connectivity index (χ2n) is 7.69. The quantitative estimate of drug-likeness (QED) is 0.833. The first kappa shape index (κ1) is 17.7. The predicted octanol–water partition coefficient (Wildman–Crippen LogP) is 1.62. The van der Waals surface area contributed by atoms with Gasteiger partial charge in [0.05, 0.1) is 11.0 Å². The van der Waals surface area contributed by atoms with Crippen LogP contribution in [0, 0.1) is 5.92 Å². The number of hydrogen-bond donors (Lipinski definition) is 1. The number of benzene rings is 1. The van der Waals surface area contributed by atoms with E-state index in [4.69, 9.17) is 0 Å². The topological polar surface area (TPSA) is 90.2 Å². The summed E-state index contributed by atoms with van der Waals surface area (Å²) < 4.78 is 3.06. The average Bonchev–Trinajstić information content (AvgIpc) is 2.88. The highest BCUT2D eigenvalue weighted by atomic mass is 16.2. The molecule has 1 saturated heterocycles. The summed E-state index contributed by atoms with van der Waals surface area (Å²) in [5.41, 5.74) is 2.38. The fraction of sp³-hybridized carbons (Fsp3) is 0.500. The van der Waals surface area contributed by atoms with E-state index in [1.165, 1.54) is 4.57 Å². The Balaban J connectivity index is 1.66. The Morgan fingerprint density at radius 1 is 1.00 bits per heavy atom. The van der Waals surface area contributed by atoms with E-state index in [0.717, 1.165) is 30.3 Å². The van der Waals surface area contributed by atoms with E-state index in [0.29, 0.717) is 36.5 Å². The standard InChI is InChI=1S/C20H23N3O4/c1-22-17-11-13(10-12-2-5-14(24)6-3-12)4-7-15(17)23(20(22)27)16-8-9-18(25)21-19(16)26/h4,7,11-12,16H,2-3,5-6,8-10H2,1H3,(H,21,25,26). The Hall–Kier alpha value is -2.70. The number of carbonyl (C=O) groups excluding carboxylic acids is 3. The van der Waals surface area contributed by atoms with Crippen LogP contribution in [0.4, 0.5) is 0 Å². The van der Waals surface area contributed by atoms with Crippen LogP contribution in [0.1, 0.15) is 50.1 Å². The summed E-state index contributed by atoms with van der Waals surface area (Å²) >= 11 is 0. The highest BCUT2D eigenvalue weighted by Crippen LogP contribution is 2.28. The van der Waals surface area contributed by atoms with Crippen molar-refractivity contribution >= 4 is 28.6 Å². The van der Waals surface area contributed by atoms with Gasteiger partial charge in [0, 0.05) is 26.3 Å². The molecule has 1 N–H and O–H groups in total. The third-order valence-electron chi connectivity index (χ3n) is 5.86. The Labute approximate surface area is 156 Å². The van der Waals surface area contributed by atoms with Gasteiger partial charge in [0.15, 0.2) is 0 Å². The molecule has 1 saturated carbocycles. The first-order valence-electron chi connectivity index (χ1n) is 9.49. The molecular weight excluding hydrogens is 346 g/mol. The maximum atomic E-state index is 12.8. The number of amides is 2. The monoisotopic (exact) mass is 369 g/mol. The van der Waals surface area contributed by atoms with Crippen LogP contribution in [0.2, 0.25) is 0 Å². The van der Waals surface area contributed by atoms with Crippen molar-refractivity contribution in [2.75, 3.05) is 0 Å². The van der Waals surface area contributed by atoms with Gasteiger partial charge < -0.3 is 0 Å². The van der Waals surface area contributed by atoms with Crippen molar-refractivity contribution < 1.29 is 14.4 Å². The van der Waals surface area contributed by atoms with E-state index in [2.05, 4.69) is 5.32 Å². The zero-order chi connectivity index (χ0) is 19.1. The summed E-state index contributed by atoms with van der Waals surface area (Å²) in [6.07, 6.45) is 4.63. The molecule has 0 radical (unpaired) electrons. The van der Waals surface area contributed by atoms with Gasteiger partial charge >= 0.3 is 5.69 Å². The molecular formula is C20H23N3O4. The van der Waals surface area contributed by atoms with E-state index >= 15 is 0 Å².